The molecule has 0 aliphatic carbocycles. The molecule has 8 heteroatoms. The minimum atomic E-state index is -0.437. The van der Waals surface area contributed by atoms with Crippen LogP contribution in [-0.2, 0) is 9.47 Å². The highest BCUT2D eigenvalue weighted by molar-refractivity contribution is 5.85. The molecular weight excluding hydrogens is 288 g/mol. The lowest BCUT2D eigenvalue weighted by molar-refractivity contribution is 0.0250. The van der Waals surface area contributed by atoms with E-state index in [4.69, 9.17) is 9.47 Å². The molecule has 0 aromatic rings. The van der Waals surface area contributed by atoms with Crippen molar-refractivity contribution in [1.29, 1.82) is 0 Å². The van der Waals surface area contributed by atoms with E-state index in [0.29, 0.717) is 13.1 Å². The number of urea groups is 2. The van der Waals surface area contributed by atoms with Gasteiger partial charge >= 0.3 is 12.1 Å². The van der Waals surface area contributed by atoms with Gasteiger partial charge in [0.25, 0.3) is 0 Å². The molecule has 2 heterocycles. The number of hydrogen-bond donors (Lipinski definition) is 0. The summed E-state index contributed by atoms with van der Waals surface area (Å²) in [5.41, 5.74) is 0. The summed E-state index contributed by atoms with van der Waals surface area (Å²) < 4.78 is 10.3. The maximum atomic E-state index is 12.6. The van der Waals surface area contributed by atoms with Crippen LogP contribution in [0.1, 0.15) is 0 Å². The first-order valence-electron chi connectivity index (χ1n) is 6.96. The van der Waals surface area contributed by atoms with Crippen LogP contribution in [-0.4, -0.2) is 84.8 Å². The summed E-state index contributed by atoms with van der Waals surface area (Å²) in [6, 6.07) is -0.390. The predicted octanol–water partition coefficient (Wildman–Crippen LogP) is 0.694. The molecule has 2 fully saturated rings. The molecular formula is C14H22N4O4. The molecule has 8 nitrogen and oxygen atoms in total. The number of methoxy groups -OCH3 is 2. The normalized spacial score (nSPS) is 24.3. The average Bonchev–Trinajstić information content (AvgIpc) is 2.90. The third-order valence-electron chi connectivity index (χ3n) is 3.71. The number of nitrogens with zero attached hydrogens (tertiary/aromatic N) is 4. The van der Waals surface area contributed by atoms with Gasteiger partial charge in [-0.1, -0.05) is 12.2 Å². The minimum absolute atomic E-state index is 0.107. The molecule has 2 aliphatic heterocycles. The van der Waals surface area contributed by atoms with Crippen molar-refractivity contribution in [2.24, 2.45) is 0 Å². The van der Waals surface area contributed by atoms with Crippen molar-refractivity contribution < 1.29 is 19.1 Å². The van der Waals surface area contributed by atoms with Gasteiger partial charge in [0.2, 0.25) is 0 Å². The van der Waals surface area contributed by atoms with E-state index in [1.165, 1.54) is 24.0 Å². The van der Waals surface area contributed by atoms with Crippen LogP contribution in [0, 0.1) is 0 Å². The molecule has 2 rings (SSSR count). The molecule has 122 valence electrons. The Morgan fingerprint density at radius 1 is 0.864 bits per heavy atom. The third-order valence-corrected chi connectivity index (χ3v) is 3.71. The van der Waals surface area contributed by atoms with E-state index in [9.17, 15) is 9.59 Å². The van der Waals surface area contributed by atoms with Gasteiger partial charge in [0.05, 0.1) is 0 Å². The summed E-state index contributed by atoms with van der Waals surface area (Å²) in [4.78, 5) is 31.4. The second-order valence-corrected chi connectivity index (χ2v) is 5.05. The Kier molecular flexibility index (Phi) is 5.04. The molecule has 2 saturated heterocycles. The fraction of sp³-hybridized carbons (Fsp3) is 0.571. The fourth-order valence-corrected chi connectivity index (χ4v) is 2.95. The number of carbonyl (C=O) groups excluding carboxylic acids is 2. The van der Waals surface area contributed by atoms with Crippen LogP contribution in [0.4, 0.5) is 9.59 Å². The van der Waals surface area contributed by atoms with Gasteiger partial charge in [-0.05, 0) is 0 Å². The standard InChI is InChI=1S/C14H22N4O4/c1-5-7-15-11-12(18(10-22-4)13(15)19)16(8-6-2)14(20)17(11)9-21-3/h5-6,11-12H,1-2,7-10H2,3-4H3. The molecule has 22 heavy (non-hydrogen) atoms. The predicted molar refractivity (Wildman–Crippen MR) is 79.6 cm³/mol. The lowest BCUT2D eigenvalue weighted by atomic mass is 10.3. The second-order valence-electron chi connectivity index (χ2n) is 5.05. The van der Waals surface area contributed by atoms with Gasteiger partial charge in [0.15, 0.2) is 12.3 Å². The van der Waals surface area contributed by atoms with Crippen LogP contribution in [0.15, 0.2) is 25.3 Å². The monoisotopic (exact) mass is 310 g/mol. The van der Waals surface area contributed by atoms with E-state index in [1.807, 2.05) is 0 Å². The molecule has 4 amide bonds. The number of rotatable bonds is 8. The first-order valence-corrected chi connectivity index (χ1v) is 6.96. The average molecular weight is 310 g/mol. The summed E-state index contributed by atoms with van der Waals surface area (Å²) in [5, 5.41) is 0. The van der Waals surface area contributed by atoms with Crippen molar-refractivity contribution in [2.45, 2.75) is 12.3 Å². The van der Waals surface area contributed by atoms with Crippen molar-refractivity contribution in [3.63, 3.8) is 0 Å². The highest BCUT2D eigenvalue weighted by Gasteiger charge is 2.58. The van der Waals surface area contributed by atoms with E-state index in [0.717, 1.165) is 0 Å². The number of fused-ring (bicyclic) bond motifs is 1. The maximum absolute atomic E-state index is 12.6. The highest BCUT2D eigenvalue weighted by Crippen LogP contribution is 2.34. The zero-order valence-electron chi connectivity index (χ0n) is 13.0. The molecule has 2 atom stereocenters. The third kappa shape index (κ3) is 2.44. The fourth-order valence-electron chi connectivity index (χ4n) is 2.95. The SMILES string of the molecule is C=CCN1C(=O)N(COC)C2C1N(COC)C(=O)N2CC=C. The summed E-state index contributed by atoms with van der Waals surface area (Å²) in [5.74, 6) is 0. The van der Waals surface area contributed by atoms with Gasteiger partial charge in [-0.2, -0.15) is 0 Å². The number of hydrogen-bond acceptors (Lipinski definition) is 4. The molecule has 2 aliphatic rings. The van der Waals surface area contributed by atoms with E-state index >= 15 is 0 Å². The number of carbonyl (C=O) groups is 2. The molecule has 0 bridgehead atoms. The molecule has 0 aromatic carbocycles. The van der Waals surface area contributed by atoms with Crippen LogP contribution in [0.5, 0.6) is 0 Å². The van der Waals surface area contributed by atoms with E-state index < -0.39 is 12.3 Å². The molecule has 2 unspecified atom stereocenters. The molecule has 0 spiro atoms. The van der Waals surface area contributed by atoms with Gasteiger partial charge in [-0.25, -0.2) is 9.59 Å². The van der Waals surface area contributed by atoms with Crippen molar-refractivity contribution in [2.75, 3.05) is 40.8 Å². The van der Waals surface area contributed by atoms with Crippen LogP contribution in [0.3, 0.4) is 0 Å². The Balaban J connectivity index is 2.40. The maximum Gasteiger partial charge on any atom is 0.325 e. The van der Waals surface area contributed by atoms with E-state index in [2.05, 4.69) is 13.2 Å². The Morgan fingerprint density at radius 2 is 1.23 bits per heavy atom. The van der Waals surface area contributed by atoms with Crippen LogP contribution in [0.2, 0.25) is 0 Å². The van der Waals surface area contributed by atoms with Gasteiger partial charge in [-0.15, -0.1) is 13.2 Å². The Hall–Kier alpha value is -2.06. The topological polar surface area (TPSA) is 65.6 Å². The summed E-state index contributed by atoms with van der Waals surface area (Å²) in [6.07, 6.45) is 2.40. The smallest absolute Gasteiger partial charge is 0.325 e. The van der Waals surface area contributed by atoms with Gasteiger partial charge < -0.3 is 9.47 Å². The highest BCUT2D eigenvalue weighted by atomic mass is 16.5. The minimum Gasteiger partial charge on any atom is -0.364 e. The van der Waals surface area contributed by atoms with Crippen molar-refractivity contribution in [3.05, 3.63) is 25.3 Å². The molecule has 0 saturated carbocycles. The van der Waals surface area contributed by atoms with E-state index in [1.54, 1.807) is 22.0 Å². The van der Waals surface area contributed by atoms with Crippen molar-refractivity contribution in [3.8, 4) is 0 Å². The number of ether oxygens (including phenoxy) is 2. The second kappa shape index (κ2) is 6.80. The zero-order valence-corrected chi connectivity index (χ0v) is 13.0. The zero-order chi connectivity index (χ0) is 16.3. The Labute approximate surface area is 130 Å². The number of amides is 4. The van der Waals surface area contributed by atoms with Gasteiger partial charge in [0.1, 0.15) is 13.5 Å². The van der Waals surface area contributed by atoms with Crippen LogP contribution in [0.25, 0.3) is 0 Å². The first kappa shape index (κ1) is 16.3. The summed E-state index contributed by atoms with van der Waals surface area (Å²) >= 11 is 0. The summed E-state index contributed by atoms with van der Waals surface area (Å²) in [6.45, 7) is 8.26. The largest absolute Gasteiger partial charge is 0.364 e. The Bertz CT molecular complexity index is 428. The molecule has 0 radical (unpaired) electrons. The van der Waals surface area contributed by atoms with E-state index in [-0.39, 0.29) is 25.5 Å². The van der Waals surface area contributed by atoms with Crippen molar-refractivity contribution >= 4 is 12.1 Å². The lowest BCUT2D eigenvalue weighted by Gasteiger charge is -2.28. The van der Waals surface area contributed by atoms with Crippen molar-refractivity contribution in [1.82, 2.24) is 19.6 Å². The molecule has 0 aromatic heterocycles. The first-order chi connectivity index (χ1) is 10.6. The lowest BCUT2D eigenvalue weighted by Crippen LogP contribution is -2.47. The van der Waals surface area contributed by atoms with Gasteiger partial charge in [-0.3, -0.25) is 19.6 Å². The van der Waals surface area contributed by atoms with Crippen LogP contribution < -0.4 is 0 Å². The Morgan fingerprint density at radius 3 is 1.50 bits per heavy atom. The van der Waals surface area contributed by atoms with Crippen LogP contribution >= 0.6 is 0 Å². The van der Waals surface area contributed by atoms with Gasteiger partial charge in [0, 0.05) is 27.3 Å². The summed E-state index contributed by atoms with van der Waals surface area (Å²) in [7, 11) is 3.03. The quantitative estimate of drug-likeness (QED) is 0.619. The molecule has 0 N–H and O–H groups in total.